The molecule has 2 aromatic rings. The molecule has 10 heteroatoms. The number of anilines is 2. The number of nitrogens with zero attached hydrogens (tertiary/aromatic N) is 5. The number of hydrogen-bond acceptors (Lipinski definition) is 8. The smallest absolute Gasteiger partial charge is 0.414 e. The van der Waals surface area contributed by atoms with Gasteiger partial charge in [0.1, 0.15) is 11.8 Å². The number of amides is 1. The third-order valence-corrected chi connectivity index (χ3v) is 5.91. The third kappa shape index (κ3) is 4.66. The van der Waals surface area contributed by atoms with E-state index in [0.29, 0.717) is 24.6 Å². The minimum atomic E-state index is -0.551. The van der Waals surface area contributed by atoms with Crippen LogP contribution in [0.5, 0.6) is 0 Å². The first-order valence-electron chi connectivity index (χ1n) is 10.9. The van der Waals surface area contributed by atoms with E-state index in [0.717, 1.165) is 37.3 Å². The number of esters is 1. The van der Waals surface area contributed by atoms with Crippen LogP contribution in [-0.2, 0) is 15.9 Å². The molecule has 0 spiro atoms. The predicted octanol–water partition coefficient (Wildman–Crippen LogP) is 2.68. The Morgan fingerprint density at radius 2 is 1.97 bits per heavy atom. The summed E-state index contributed by atoms with van der Waals surface area (Å²) >= 11 is 0. The van der Waals surface area contributed by atoms with Gasteiger partial charge in [0, 0.05) is 37.3 Å². The van der Waals surface area contributed by atoms with Crippen LogP contribution >= 0.6 is 0 Å². The van der Waals surface area contributed by atoms with E-state index in [2.05, 4.69) is 26.4 Å². The fourth-order valence-electron chi connectivity index (χ4n) is 4.18. The lowest BCUT2D eigenvalue weighted by molar-refractivity contribution is 0.0517. The third-order valence-electron chi connectivity index (χ3n) is 5.91. The van der Waals surface area contributed by atoms with Crippen molar-refractivity contribution in [3.8, 4) is 6.07 Å². The van der Waals surface area contributed by atoms with E-state index in [4.69, 9.17) is 14.7 Å². The monoisotopic (exact) mass is 438 g/mol. The van der Waals surface area contributed by atoms with Crippen molar-refractivity contribution in [2.45, 2.75) is 38.7 Å². The number of carbonyl (C=O) groups is 2. The second-order valence-corrected chi connectivity index (χ2v) is 7.97. The number of rotatable bonds is 7. The Balaban J connectivity index is 1.36. The lowest BCUT2D eigenvalue weighted by Gasteiger charge is -2.33. The molecule has 1 N–H and O–H groups in total. The molecule has 2 aliphatic rings. The summed E-state index contributed by atoms with van der Waals surface area (Å²) in [5, 5.41) is 19.2. The van der Waals surface area contributed by atoms with E-state index in [1.165, 1.54) is 0 Å². The van der Waals surface area contributed by atoms with Gasteiger partial charge in [0.15, 0.2) is 5.69 Å². The number of piperidine rings is 1. The average molecular weight is 438 g/mol. The number of benzene rings is 1. The number of H-pyrrole nitrogens is 1. The largest absolute Gasteiger partial charge is 0.461 e. The number of cyclic esters (lactones) is 1. The van der Waals surface area contributed by atoms with E-state index in [9.17, 15) is 9.59 Å². The molecule has 4 rings (SSSR count). The van der Waals surface area contributed by atoms with Crippen molar-refractivity contribution in [1.29, 1.82) is 5.26 Å². The number of ether oxygens (including phenoxy) is 2. The second-order valence-electron chi connectivity index (χ2n) is 7.97. The maximum atomic E-state index is 12.5. The highest BCUT2D eigenvalue weighted by Gasteiger charge is 2.34. The Hall–Kier alpha value is -3.61. The second kappa shape index (κ2) is 9.68. The Kier molecular flexibility index (Phi) is 6.54. The summed E-state index contributed by atoms with van der Waals surface area (Å²) in [6.07, 6.45) is 2.06. The molecule has 0 bridgehead atoms. The maximum Gasteiger partial charge on any atom is 0.414 e. The van der Waals surface area contributed by atoms with Gasteiger partial charge in [-0.15, -0.1) is 5.10 Å². The first-order chi connectivity index (χ1) is 15.6. The van der Waals surface area contributed by atoms with Crippen molar-refractivity contribution in [3.63, 3.8) is 0 Å². The molecule has 3 heterocycles. The van der Waals surface area contributed by atoms with Crippen molar-refractivity contribution in [3.05, 3.63) is 35.7 Å². The lowest BCUT2D eigenvalue weighted by Crippen LogP contribution is -2.33. The van der Waals surface area contributed by atoms with Gasteiger partial charge in [0.05, 0.1) is 19.2 Å². The Morgan fingerprint density at radius 3 is 2.66 bits per heavy atom. The van der Waals surface area contributed by atoms with Crippen molar-refractivity contribution >= 4 is 23.4 Å². The number of hydrogen-bond donors (Lipinski definition) is 1. The van der Waals surface area contributed by atoms with E-state index in [-0.39, 0.29) is 18.7 Å². The van der Waals surface area contributed by atoms with Crippen LogP contribution in [0.1, 0.15) is 42.4 Å². The van der Waals surface area contributed by atoms with Crippen LogP contribution in [0, 0.1) is 17.2 Å². The fourth-order valence-corrected chi connectivity index (χ4v) is 4.18. The fraction of sp³-hybridized carbons (Fsp3) is 0.500. The van der Waals surface area contributed by atoms with Crippen LogP contribution in [0.4, 0.5) is 16.2 Å². The standard InChI is InChI=1S/C22H26N6O4/c1-2-31-21(29)20-19(24-26-25-20)13-18-14-28(22(30)32-18)17-5-3-16(4-6-17)27-11-8-15(7-10-23)9-12-27/h3-6,15,18H,2,7-9,11-14H2,1H3,(H,24,25,26). The van der Waals surface area contributed by atoms with Crippen LogP contribution in [0.25, 0.3) is 0 Å². The van der Waals surface area contributed by atoms with Crippen LogP contribution in [0.15, 0.2) is 24.3 Å². The quantitative estimate of drug-likeness (QED) is 0.654. The topological polar surface area (TPSA) is 124 Å². The molecule has 1 aromatic heterocycles. The van der Waals surface area contributed by atoms with Gasteiger partial charge in [-0.1, -0.05) is 0 Å². The number of nitrogens with one attached hydrogen (secondary N) is 1. The summed E-state index contributed by atoms with van der Waals surface area (Å²) in [7, 11) is 0. The summed E-state index contributed by atoms with van der Waals surface area (Å²) in [6.45, 7) is 4.18. The van der Waals surface area contributed by atoms with Gasteiger partial charge < -0.3 is 14.4 Å². The van der Waals surface area contributed by atoms with E-state index >= 15 is 0 Å². The minimum Gasteiger partial charge on any atom is -0.461 e. The number of aromatic amines is 1. The molecule has 0 radical (unpaired) electrons. The molecule has 1 aromatic carbocycles. The minimum absolute atomic E-state index is 0.115. The molecule has 1 amide bonds. The Bertz CT molecular complexity index is 991. The van der Waals surface area contributed by atoms with Crippen LogP contribution in [-0.4, -0.2) is 59.8 Å². The molecule has 1 atom stereocenters. The zero-order chi connectivity index (χ0) is 22.5. The average Bonchev–Trinajstić information content (AvgIpc) is 3.41. The van der Waals surface area contributed by atoms with Crippen LogP contribution in [0.2, 0.25) is 0 Å². The molecule has 2 aliphatic heterocycles. The summed E-state index contributed by atoms with van der Waals surface area (Å²) in [5.74, 6) is -0.0643. The van der Waals surface area contributed by atoms with Gasteiger partial charge in [-0.05, 0) is 49.9 Å². The molecular formula is C22H26N6O4. The van der Waals surface area contributed by atoms with Gasteiger partial charge in [0.2, 0.25) is 0 Å². The van der Waals surface area contributed by atoms with Crippen LogP contribution < -0.4 is 9.80 Å². The first kappa shape index (κ1) is 21.6. The van der Waals surface area contributed by atoms with E-state index in [1.54, 1.807) is 11.8 Å². The van der Waals surface area contributed by atoms with Gasteiger partial charge in [-0.2, -0.15) is 15.6 Å². The van der Waals surface area contributed by atoms with Gasteiger partial charge in [-0.25, -0.2) is 9.59 Å². The number of carbonyl (C=O) groups excluding carboxylic acids is 2. The highest BCUT2D eigenvalue weighted by Crippen LogP contribution is 2.29. The highest BCUT2D eigenvalue weighted by molar-refractivity contribution is 5.90. The highest BCUT2D eigenvalue weighted by atomic mass is 16.6. The Morgan fingerprint density at radius 1 is 1.25 bits per heavy atom. The first-order valence-corrected chi connectivity index (χ1v) is 10.9. The van der Waals surface area contributed by atoms with Crippen molar-refractivity contribution < 1.29 is 19.1 Å². The van der Waals surface area contributed by atoms with Crippen molar-refractivity contribution in [2.24, 2.45) is 5.92 Å². The molecular weight excluding hydrogens is 412 g/mol. The summed E-state index contributed by atoms with van der Waals surface area (Å²) < 4.78 is 10.5. The molecule has 0 aliphatic carbocycles. The number of nitriles is 1. The summed E-state index contributed by atoms with van der Waals surface area (Å²) in [6, 6.07) is 10.1. The van der Waals surface area contributed by atoms with Crippen molar-refractivity contribution in [1.82, 2.24) is 15.4 Å². The van der Waals surface area contributed by atoms with Gasteiger partial charge in [-0.3, -0.25) is 4.90 Å². The summed E-state index contributed by atoms with van der Waals surface area (Å²) in [4.78, 5) is 28.3. The summed E-state index contributed by atoms with van der Waals surface area (Å²) in [5.41, 5.74) is 2.39. The lowest BCUT2D eigenvalue weighted by atomic mass is 9.94. The van der Waals surface area contributed by atoms with Gasteiger partial charge >= 0.3 is 12.1 Å². The molecule has 0 saturated carbocycles. The molecule has 2 saturated heterocycles. The van der Waals surface area contributed by atoms with Gasteiger partial charge in [0.25, 0.3) is 0 Å². The van der Waals surface area contributed by atoms with Crippen LogP contribution in [0.3, 0.4) is 0 Å². The normalized spacial score (nSPS) is 19.0. The van der Waals surface area contributed by atoms with E-state index in [1.807, 2.05) is 24.3 Å². The predicted molar refractivity (Wildman–Crippen MR) is 115 cm³/mol. The molecule has 1 unspecified atom stereocenters. The molecule has 168 valence electrons. The molecule has 10 nitrogen and oxygen atoms in total. The number of aromatic nitrogens is 3. The molecule has 32 heavy (non-hydrogen) atoms. The zero-order valence-corrected chi connectivity index (χ0v) is 18.0. The Labute approximate surface area is 186 Å². The maximum absolute atomic E-state index is 12.5. The zero-order valence-electron chi connectivity index (χ0n) is 18.0. The van der Waals surface area contributed by atoms with Crippen molar-refractivity contribution in [2.75, 3.05) is 36.0 Å². The SMILES string of the molecule is CCOC(=O)c1n[nH]nc1CC1CN(c2ccc(N3CCC(CC#N)CC3)cc2)C(=O)O1. The van der Waals surface area contributed by atoms with E-state index < -0.39 is 18.2 Å². The molecule has 2 fully saturated rings.